The lowest BCUT2D eigenvalue weighted by molar-refractivity contribution is -0.119. The summed E-state index contributed by atoms with van der Waals surface area (Å²) in [5.41, 5.74) is 0.371. The van der Waals surface area contributed by atoms with Crippen LogP contribution in [0.1, 0.15) is 0 Å². The van der Waals surface area contributed by atoms with Gasteiger partial charge in [-0.05, 0) is 59.3 Å². The van der Waals surface area contributed by atoms with Gasteiger partial charge in [0.25, 0.3) is 0 Å². The fraction of sp³-hybridized carbons (Fsp3) is 0.148. The third-order valence-electron chi connectivity index (χ3n) is 5.21. The normalized spacial score (nSPS) is 11.1. The second kappa shape index (κ2) is 10.9. The zero-order chi connectivity index (χ0) is 24.7. The number of sulfonamides is 1. The molecule has 1 amide bonds. The first kappa shape index (κ1) is 24.1. The van der Waals surface area contributed by atoms with Crippen molar-refractivity contribution in [3.8, 4) is 17.2 Å². The molecule has 7 nitrogen and oxygen atoms in total. The van der Waals surface area contributed by atoms with Crippen LogP contribution in [0.25, 0.3) is 10.8 Å². The fourth-order valence-electron chi connectivity index (χ4n) is 3.51. The number of para-hydroxylation sites is 1. The molecule has 0 bridgehead atoms. The molecule has 35 heavy (non-hydrogen) atoms. The van der Waals surface area contributed by atoms with Gasteiger partial charge in [-0.3, -0.25) is 9.10 Å². The Morgan fingerprint density at radius 3 is 2.14 bits per heavy atom. The number of amides is 1. The Hall–Kier alpha value is -4.04. The van der Waals surface area contributed by atoms with E-state index in [0.29, 0.717) is 22.9 Å². The number of nitrogens with one attached hydrogen (secondary N) is 1. The van der Waals surface area contributed by atoms with E-state index in [-0.39, 0.29) is 19.7 Å². The highest BCUT2D eigenvalue weighted by Crippen LogP contribution is 2.25. The van der Waals surface area contributed by atoms with Gasteiger partial charge in [0.05, 0.1) is 18.5 Å². The van der Waals surface area contributed by atoms with Crippen LogP contribution in [0.15, 0.2) is 97.1 Å². The van der Waals surface area contributed by atoms with Crippen LogP contribution in [-0.4, -0.2) is 40.3 Å². The molecule has 0 aliphatic heterocycles. The van der Waals surface area contributed by atoms with Crippen molar-refractivity contribution in [1.29, 1.82) is 0 Å². The van der Waals surface area contributed by atoms with Crippen molar-refractivity contribution in [1.82, 2.24) is 5.32 Å². The Morgan fingerprint density at radius 2 is 1.43 bits per heavy atom. The number of ether oxygens (including phenoxy) is 2. The SMILES string of the molecule is CS(=O)(=O)N(CC(=O)NCCOc1ccc2ccccc2c1)c1ccc(Oc2ccccc2)cc1. The van der Waals surface area contributed by atoms with E-state index in [1.807, 2.05) is 72.8 Å². The molecule has 4 rings (SSSR count). The lowest BCUT2D eigenvalue weighted by Gasteiger charge is -2.22. The van der Waals surface area contributed by atoms with E-state index >= 15 is 0 Å². The number of nitrogens with zero attached hydrogens (tertiary/aromatic N) is 1. The highest BCUT2D eigenvalue weighted by molar-refractivity contribution is 7.92. The lowest BCUT2D eigenvalue weighted by atomic mass is 10.1. The van der Waals surface area contributed by atoms with Gasteiger partial charge in [0.15, 0.2) is 0 Å². The summed E-state index contributed by atoms with van der Waals surface area (Å²) in [4.78, 5) is 12.5. The number of carbonyl (C=O) groups is 1. The highest BCUT2D eigenvalue weighted by Gasteiger charge is 2.20. The van der Waals surface area contributed by atoms with Crippen molar-refractivity contribution in [3.63, 3.8) is 0 Å². The molecule has 0 saturated heterocycles. The molecule has 0 aromatic heterocycles. The Labute approximate surface area is 205 Å². The molecule has 0 fully saturated rings. The number of rotatable bonds is 10. The van der Waals surface area contributed by atoms with Gasteiger partial charge in [0.2, 0.25) is 15.9 Å². The first-order chi connectivity index (χ1) is 16.9. The van der Waals surface area contributed by atoms with Gasteiger partial charge in [0.1, 0.15) is 30.4 Å². The first-order valence-corrected chi connectivity index (χ1v) is 12.9. The molecular weight excluding hydrogens is 464 g/mol. The summed E-state index contributed by atoms with van der Waals surface area (Å²) in [6, 6.07) is 29.6. The summed E-state index contributed by atoms with van der Waals surface area (Å²) >= 11 is 0. The Kier molecular flexibility index (Phi) is 7.52. The minimum absolute atomic E-state index is 0.243. The predicted molar refractivity (Wildman–Crippen MR) is 138 cm³/mol. The maximum atomic E-state index is 12.5. The number of hydrogen-bond acceptors (Lipinski definition) is 5. The molecule has 0 radical (unpaired) electrons. The van der Waals surface area contributed by atoms with Gasteiger partial charge in [-0.1, -0.05) is 48.5 Å². The highest BCUT2D eigenvalue weighted by atomic mass is 32.2. The number of fused-ring (bicyclic) bond motifs is 1. The van der Waals surface area contributed by atoms with Crippen LogP contribution < -0.4 is 19.1 Å². The summed E-state index contributed by atoms with van der Waals surface area (Å²) in [5, 5.41) is 4.90. The molecule has 4 aromatic rings. The third kappa shape index (κ3) is 6.74. The maximum absolute atomic E-state index is 12.5. The van der Waals surface area contributed by atoms with Crippen LogP contribution in [0.2, 0.25) is 0 Å². The van der Waals surface area contributed by atoms with Gasteiger partial charge < -0.3 is 14.8 Å². The van der Waals surface area contributed by atoms with Crippen molar-refractivity contribution in [2.45, 2.75) is 0 Å². The van der Waals surface area contributed by atoms with Gasteiger partial charge in [-0.25, -0.2) is 8.42 Å². The Balaban J connectivity index is 1.31. The second-order valence-corrected chi connectivity index (χ2v) is 9.79. The zero-order valence-electron chi connectivity index (χ0n) is 19.3. The van der Waals surface area contributed by atoms with E-state index in [2.05, 4.69) is 5.32 Å². The van der Waals surface area contributed by atoms with Crippen molar-refractivity contribution in [2.24, 2.45) is 0 Å². The molecule has 0 aliphatic rings. The summed E-state index contributed by atoms with van der Waals surface area (Å²) < 4.78 is 37.2. The van der Waals surface area contributed by atoms with Gasteiger partial charge >= 0.3 is 0 Å². The number of carbonyl (C=O) groups excluding carboxylic acids is 1. The average molecular weight is 491 g/mol. The van der Waals surface area contributed by atoms with E-state index in [0.717, 1.165) is 21.3 Å². The molecular formula is C27H26N2O5S. The lowest BCUT2D eigenvalue weighted by Crippen LogP contribution is -2.41. The molecule has 0 atom stereocenters. The predicted octanol–water partition coefficient (Wildman–Crippen LogP) is 4.59. The van der Waals surface area contributed by atoms with E-state index in [4.69, 9.17) is 9.47 Å². The second-order valence-electron chi connectivity index (χ2n) is 7.89. The molecule has 0 unspecified atom stereocenters. The molecule has 0 aliphatic carbocycles. The average Bonchev–Trinajstić information content (AvgIpc) is 2.86. The Bertz CT molecular complexity index is 1390. The summed E-state index contributed by atoms with van der Waals surface area (Å²) in [7, 11) is -3.68. The van der Waals surface area contributed by atoms with Crippen molar-refractivity contribution >= 4 is 32.4 Å². The van der Waals surface area contributed by atoms with Gasteiger partial charge in [-0.15, -0.1) is 0 Å². The smallest absolute Gasteiger partial charge is 0.240 e. The fourth-order valence-corrected chi connectivity index (χ4v) is 4.36. The molecule has 0 spiro atoms. The Morgan fingerprint density at radius 1 is 0.800 bits per heavy atom. The molecule has 180 valence electrons. The van der Waals surface area contributed by atoms with Crippen LogP contribution in [-0.2, 0) is 14.8 Å². The maximum Gasteiger partial charge on any atom is 0.240 e. The topological polar surface area (TPSA) is 84.9 Å². The zero-order valence-corrected chi connectivity index (χ0v) is 20.1. The number of hydrogen-bond donors (Lipinski definition) is 1. The number of benzene rings is 4. The minimum atomic E-state index is -3.68. The molecule has 0 saturated carbocycles. The summed E-state index contributed by atoms with van der Waals surface area (Å²) in [5.74, 6) is 1.50. The van der Waals surface area contributed by atoms with E-state index < -0.39 is 15.9 Å². The van der Waals surface area contributed by atoms with Crippen LogP contribution in [0.3, 0.4) is 0 Å². The minimum Gasteiger partial charge on any atom is -0.492 e. The van der Waals surface area contributed by atoms with E-state index in [1.54, 1.807) is 24.3 Å². The van der Waals surface area contributed by atoms with Crippen LogP contribution in [0, 0.1) is 0 Å². The van der Waals surface area contributed by atoms with Crippen molar-refractivity contribution in [2.75, 3.05) is 30.3 Å². The molecule has 1 N–H and O–H groups in total. The summed E-state index contributed by atoms with van der Waals surface area (Å²) in [6.45, 7) is 0.162. The largest absolute Gasteiger partial charge is 0.492 e. The first-order valence-electron chi connectivity index (χ1n) is 11.1. The van der Waals surface area contributed by atoms with Gasteiger partial charge in [0, 0.05) is 0 Å². The molecule has 4 aromatic carbocycles. The third-order valence-corrected chi connectivity index (χ3v) is 6.35. The van der Waals surface area contributed by atoms with Crippen molar-refractivity contribution in [3.05, 3.63) is 97.1 Å². The standard InChI is InChI=1S/C27H26N2O5S/c1-35(31,32)29(23-12-15-25(16-13-23)34-24-9-3-2-4-10-24)20-27(30)28-17-18-33-26-14-11-21-7-5-6-8-22(21)19-26/h2-16,19H,17-18,20H2,1H3,(H,28,30). The van der Waals surface area contributed by atoms with Crippen molar-refractivity contribution < 1.29 is 22.7 Å². The van der Waals surface area contributed by atoms with Crippen LogP contribution >= 0.6 is 0 Å². The van der Waals surface area contributed by atoms with Crippen LogP contribution in [0.4, 0.5) is 5.69 Å². The van der Waals surface area contributed by atoms with E-state index in [9.17, 15) is 13.2 Å². The van der Waals surface area contributed by atoms with E-state index in [1.165, 1.54) is 0 Å². The molecule has 8 heteroatoms. The monoisotopic (exact) mass is 490 g/mol. The quantitative estimate of drug-likeness (QED) is 0.329. The number of anilines is 1. The summed E-state index contributed by atoms with van der Waals surface area (Å²) in [6.07, 6.45) is 1.07. The van der Waals surface area contributed by atoms with Gasteiger partial charge in [-0.2, -0.15) is 0 Å². The van der Waals surface area contributed by atoms with Crippen LogP contribution in [0.5, 0.6) is 17.2 Å². The molecule has 0 heterocycles.